The summed E-state index contributed by atoms with van der Waals surface area (Å²) in [5.74, 6) is -0.455. The number of hydrogen-bond donors (Lipinski definition) is 0. The first-order valence-electron chi connectivity index (χ1n) is 3.72. The van der Waals surface area contributed by atoms with Crippen molar-refractivity contribution in [2.24, 2.45) is 5.11 Å². The lowest BCUT2D eigenvalue weighted by atomic mass is 10.2. The van der Waals surface area contributed by atoms with Crippen LogP contribution in [0.5, 0.6) is 0 Å². The average Bonchev–Trinajstić information content (AvgIpc) is 2.22. The summed E-state index contributed by atoms with van der Waals surface area (Å²) in [6.07, 6.45) is 0. The summed E-state index contributed by atoms with van der Waals surface area (Å²) in [7, 11) is 1.30. The molecule has 0 aliphatic heterocycles. The van der Waals surface area contributed by atoms with E-state index in [2.05, 4.69) is 46.6 Å². The maximum atomic E-state index is 11.2. The number of methoxy groups -OCH3 is 1. The Balaban J connectivity index is 3.31. The van der Waals surface area contributed by atoms with Crippen molar-refractivity contribution in [3.8, 4) is 0 Å². The quantitative estimate of drug-likeness (QED) is 0.355. The number of ether oxygens (including phenoxy) is 1. The SMILES string of the molecule is COC(=O)c1cc(Br)c(N=[N+]=[N-])c(Br)c1. The van der Waals surface area contributed by atoms with Gasteiger partial charge in [0.25, 0.3) is 0 Å². The van der Waals surface area contributed by atoms with E-state index >= 15 is 0 Å². The molecule has 0 fully saturated rings. The lowest BCUT2D eigenvalue weighted by Crippen LogP contribution is -2.00. The topological polar surface area (TPSA) is 75.1 Å². The molecule has 5 nitrogen and oxygen atoms in total. The van der Waals surface area contributed by atoms with Gasteiger partial charge in [0.15, 0.2) is 0 Å². The molecule has 0 saturated carbocycles. The number of carbonyl (C=O) groups excluding carboxylic acids is 1. The number of halogens is 2. The minimum atomic E-state index is -0.455. The van der Waals surface area contributed by atoms with Gasteiger partial charge >= 0.3 is 5.97 Å². The second-order valence-electron chi connectivity index (χ2n) is 2.47. The van der Waals surface area contributed by atoms with Gasteiger partial charge in [0.2, 0.25) is 0 Å². The highest BCUT2D eigenvalue weighted by Gasteiger charge is 2.11. The molecule has 0 N–H and O–H groups in total. The number of nitrogens with zero attached hydrogens (tertiary/aromatic N) is 3. The molecule has 0 amide bonds. The van der Waals surface area contributed by atoms with Gasteiger partial charge in [-0.05, 0) is 17.7 Å². The largest absolute Gasteiger partial charge is 0.465 e. The van der Waals surface area contributed by atoms with Gasteiger partial charge in [-0.15, -0.1) is 0 Å². The lowest BCUT2D eigenvalue weighted by Gasteiger charge is -2.04. The van der Waals surface area contributed by atoms with Gasteiger partial charge in [-0.25, -0.2) is 4.79 Å². The smallest absolute Gasteiger partial charge is 0.337 e. The van der Waals surface area contributed by atoms with Crippen molar-refractivity contribution in [3.05, 3.63) is 37.1 Å². The van der Waals surface area contributed by atoms with E-state index in [0.29, 0.717) is 20.2 Å². The summed E-state index contributed by atoms with van der Waals surface area (Å²) >= 11 is 6.39. The van der Waals surface area contributed by atoms with E-state index in [0.717, 1.165) is 0 Å². The molecule has 0 atom stereocenters. The van der Waals surface area contributed by atoms with Crippen LogP contribution in [0.3, 0.4) is 0 Å². The molecule has 1 rings (SSSR count). The molecule has 0 aromatic heterocycles. The van der Waals surface area contributed by atoms with Crippen LogP contribution in [0.4, 0.5) is 5.69 Å². The summed E-state index contributed by atoms with van der Waals surface area (Å²) in [4.78, 5) is 13.9. The van der Waals surface area contributed by atoms with Crippen LogP contribution in [0.15, 0.2) is 26.2 Å². The Hall–Kier alpha value is -1.04. The van der Waals surface area contributed by atoms with Crippen LogP contribution >= 0.6 is 31.9 Å². The minimum absolute atomic E-state index is 0.369. The van der Waals surface area contributed by atoms with E-state index in [1.807, 2.05) is 0 Å². The molecule has 0 spiro atoms. The molecule has 0 heterocycles. The fourth-order valence-electron chi connectivity index (χ4n) is 0.941. The fourth-order valence-corrected chi connectivity index (χ4v) is 2.29. The van der Waals surface area contributed by atoms with E-state index in [9.17, 15) is 4.79 Å². The third kappa shape index (κ3) is 2.71. The molecule has 0 aliphatic carbocycles. The van der Waals surface area contributed by atoms with Gasteiger partial charge in [-0.3, -0.25) is 0 Å². The molecule has 1 aromatic carbocycles. The zero-order valence-corrected chi connectivity index (χ0v) is 10.7. The second kappa shape index (κ2) is 5.16. The number of rotatable bonds is 2. The third-order valence-corrected chi connectivity index (χ3v) is 2.79. The molecule has 15 heavy (non-hydrogen) atoms. The monoisotopic (exact) mass is 333 g/mol. The fraction of sp³-hybridized carbons (Fsp3) is 0.125. The van der Waals surface area contributed by atoms with Crippen LogP contribution in [0.1, 0.15) is 10.4 Å². The Labute approximate surface area is 102 Å². The maximum absolute atomic E-state index is 11.2. The first kappa shape index (κ1) is 12.0. The summed E-state index contributed by atoms with van der Waals surface area (Å²) in [6.45, 7) is 0. The van der Waals surface area contributed by atoms with Crippen LogP contribution in [0, 0.1) is 0 Å². The van der Waals surface area contributed by atoms with E-state index in [1.54, 1.807) is 0 Å². The van der Waals surface area contributed by atoms with Gasteiger partial charge in [0.1, 0.15) is 0 Å². The normalized spacial score (nSPS) is 9.27. The molecule has 0 unspecified atom stereocenters. The van der Waals surface area contributed by atoms with Crippen molar-refractivity contribution < 1.29 is 9.53 Å². The van der Waals surface area contributed by atoms with Crippen molar-refractivity contribution in [1.82, 2.24) is 0 Å². The summed E-state index contributed by atoms with van der Waals surface area (Å²) < 4.78 is 5.61. The number of carbonyl (C=O) groups is 1. The highest BCUT2D eigenvalue weighted by atomic mass is 79.9. The lowest BCUT2D eigenvalue weighted by molar-refractivity contribution is 0.0600. The van der Waals surface area contributed by atoms with Crippen molar-refractivity contribution >= 4 is 43.5 Å². The van der Waals surface area contributed by atoms with Crippen molar-refractivity contribution in [2.45, 2.75) is 0 Å². The predicted octanol–water partition coefficient (Wildman–Crippen LogP) is 3.94. The average molecular weight is 335 g/mol. The number of azide groups is 1. The Bertz CT molecular complexity index is 432. The van der Waals surface area contributed by atoms with E-state index in [4.69, 9.17) is 5.53 Å². The highest BCUT2D eigenvalue weighted by Crippen LogP contribution is 2.35. The second-order valence-corrected chi connectivity index (χ2v) is 4.18. The van der Waals surface area contributed by atoms with Crippen LogP contribution in [-0.2, 0) is 4.74 Å². The zero-order chi connectivity index (χ0) is 11.4. The molecule has 1 aromatic rings. The van der Waals surface area contributed by atoms with Gasteiger partial charge in [-0.1, -0.05) is 37.0 Å². The molecule has 78 valence electrons. The van der Waals surface area contributed by atoms with E-state index in [-0.39, 0.29) is 0 Å². The van der Waals surface area contributed by atoms with Gasteiger partial charge < -0.3 is 4.74 Å². The summed E-state index contributed by atoms with van der Waals surface area (Å²) in [5, 5.41) is 3.47. The first-order chi connectivity index (χ1) is 7.10. The Morgan fingerprint density at radius 3 is 2.40 bits per heavy atom. The molecular formula is C8H5Br2N3O2. The van der Waals surface area contributed by atoms with Crippen LogP contribution in [-0.4, -0.2) is 13.1 Å². The van der Waals surface area contributed by atoms with Crippen LogP contribution in [0.2, 0.25) is 0 Å². The van der Waals surface area contributed by atoms with Crippen molar-refractivity contribution in [2.75, 3.05) is 7.11 Å². The zero-order valence-electron chi connectivity index (χ0n) is 7.57. The molecule has 0 aliphatic rings. The maximum Gasteiger partial charge on any atom is 0.337 e. The van der Waals surface area contributed by atoms with Gasteiger partial charge in [0, 0.05) is 13.9 Å². The Kier molecular flexibility index (Phi) is 4.14. The standard InChI is InChI=1S/C8H5Br2N3O2/c1-15-8(14)4-2-5(9)7(12-13-11)6(10)3-4/h2-3H,1H3. The molecule has 0 saturated heterocycles. The molecule has 7 heteroatoms. The van der Waals surface area contributed by atoms with Crippen LogP contribution < -0.4 is 0 Å². The van der Waals surface area contributed by atoms with E-state index < -0.39 is 5.97 Å². The van der Waals surface area contributed by atoms with Gasteiger partial charge in [0.05, 0.1) is 18.4 Å². The highest BCUT2D eigenvalue weighted by molar-refractivity contribution is 9.11. The molecular weight excluding hydrogens is 330 g/mol. The number of hydrogen-bond acceptors (Lipinski definition) is 3. The molecule has 0 radical (unpaired) electrons. The summed E-state index contributed by atoms with van der Waals surface area (Å²) in [6, 6.07) is 3.06. The third-order valence-electron chi connectivity index (χ3n) is 1.58. The summed E-state index contributed by atoms with van der Waals surface area (Å²) in [5.41, 5.74) is 9.08. The minimum Gasteiger partial charge on any atom is -0.465 e. The number of benzene rings is 1. The van der Waals surface area contributed by atoms with Crippen molar-refractivity contribution in [1.29, 1.82) is 0 Å². The Morgan fingerprint density at radius 2 is 2.00 bits per heavy atom. The Morgan fingerprint density at radius 1 is 1.47 bits per heavy atom. The van der Waals surface area contributed by atoms with E-state index in [1.165, 1.54) is 19.2 Å². The predicted molar refractivity (Wildman–Crippen MR) is 62.0 cm³/mol. The van der Waals surface area contributed by atoms with Crippen LogP contribution in [0.25, 0.3) is 10.4 Å². The number of esters is 1. The van der Waals surface area contributed by atoms with Crippen molar-refractivity contribution in [3.63, 3.8) is 0 Å². The first-order valence-corrected chi connectivity index (χ1v) is 5.31. The van der Waals surface area contributed by atoms with Gasteiger partial charge in [-0.2, -0.15) is 0 Å². The molecule has 0 bridgehead atoms.